The van der Waals surface area contributed by atoms with Crippen molar-refractivity contribution >= 4 is 16.7 Å². The molecule has 0 radical (unpaired) electrons. The number of fused-ring (bicyclic) bond motifs is 1. The lowest BCUT2D eigenvalue weighted by molar-refractivity contribution is 0.0462. The summed E-state index contributed by atoms with van der Waals surface area (Å²) in [5, 5.41) is 5.11. The zero-order valence-electron chi connectivity index (χ0n) is 16.5. The molecule has 3 rings (SSSR count). The van der Waals surface area contributed by atoms with Crippen LogP contribution in [0.4, 0.5) is 4.39 Å². The summed E-state index contributed by atoms with van der Waals surface area (Å²) in [4.78, 5) is 25.5. The lowest BCUT2D eigenvalue weighted by Crippen LogP contribution is -2.26. The Morgan fingerprint density at radius 3 is 2.62 bits per heavy atom. The van der Waals surface area contributed by atoms with Gasteiger partial charge >= 0.3 is 5.97 Å². The van der Waals surface area contributed by atoms with Crippen molar-refractivity contribution in [3.63, 3.8) is 0 Å². The highest BCUT2D eigenvalue weighted by atomic mass is 19.1. The fourth-order valence-corrected chi connectivity index (χ4v) is 3.12. The maximum Gasteiger partial charge on any atom is 0.359 e. The SMILES string of the molecule is CCCCCn1nc(C(=O)OCc2cc(F)ccc2OC)c2ccccc2c1=O. The maximum absolute atomic E-state index is 13.5. The molecule has 0 aliphatic heterocycles. The van der Waals surface area contributed by atoms with Gasteiger partial charge in [-0.1, -0.05) is 38.0 Å². The third-order valence-electron chi connectivity index (χ3n) is 4.64. The van der Waals surface area contributed by atoms with E-state index in [9.17, 15) is 14.0 Å². The summed E-state index contributed by atoms with van der Waals surface area (Å²) in [6, 6.07) is 10.8. The number of aromatic nitrogens is 2. The molecule has 1 heterocycles. The Morgan fingerprint density at radius 1 is 1.14 bits per heavy atom. The van der Waals surface area contributed by atoms with Crippen LogP contribution < -0.4 is 10.3 Å². The summed E-state index contributed by atoms with van der Waals surface area (Å²) >= 11 is 0. The van der Waals surface area contributed by atoms with Crippen LogP contribution in [-0.2, 0) is 17.9 Å². The summed E-state index contributed by atoms with van der Waals surface area (Å²) in [5.41, 5.74) is 0.230. The monoisotopic (exact) mass is 398 g/mol. The van der Waals surface area contributed by atoms with Crippen molar-refractivity contribution < 1.29 is 18.7 Å². The largest absolute Gasteiger partial charge is 0.496 e. The number of unbranched alkanes of at least 4 members (excludes halogenated alkanes) is 2. The second-order valence-electron chi connectivity index (χ2n) is 6.66. The Kier molecular flexibility index (Phi) is 6.59. The number of methoxy groups -OCH3 is 1. The van der Waals surface area contributed by atoms with E-state index >= 15 is 0 Å². The fraction of sp³-hybridized carbons (Fsp3) is 0.318. The van der Waals surface area contributed by atoms with Crippen molar-refractivity contribution in [3.8, 4) is 5.75 Å². The Labute approximate surface area is 167 Å². The van der Waals surface area contributed by atoms with Gasteiger partial charge in [-0.05, 0) is 30.7 Å². The van der Waals surface area contributed by atoms with Crippen LogP contribution in [0, 0.1) is 5.82 Å². The lowest BCUT2D eigenvalue weighted by Gasteiger charge is -2.12. The number of rotatable bonds is 8. The van der Waals surface area contributed by atoms with Gasteiger partial charge in [-0.2, -0.15) is 5.10 Å². The Morgan fingerprint density at radius 2 is 1.90 bits per heavy atom. The molecule has 6 nitrogen and oxygen atoms in total. The lowest BCUT2D eigenvalue weighted by atomic mass is 10.1. The maximum atomic E-state index is 13.5. The number of aryl methyl sites for hydroxylation is 1. The highest BCUT2D eigenvalue weighted by Crippen LogP contribution is 2.21. The van der Waals surface area contributed by atoms with E-state index in [1.54, 1.807) is 24.3 Å². The van der Waals surface area contributed by atoms with Crippen LogP contribution in [0.1, 0.15) is 42.2 Å². The summed E-state index contributed by atoms with van der Waals surface area (Å²) in [6.07, 6.45) is 2.75. The predicted octanol–water partition coefficient (Wildman–Crippen LogP) is 4.09. The second-order valence-corrected chi connectivity index (χ2v) is 6.66. The molecule has 0 fully saturated rings. The highest BCUT2D eigenvalue weighted by Gasteiger charge is 2.19. The normalized spacial score (nSPS) is 10.9. The fourth-order valence-electron chi connectivity index (χ4n) is 3.12. The van der Waals surface area contributed by atoms with Crippen molar-refractivity contribution in [2.45, 2.75) is 39.3 Å². The molecule has 0 saturated carbocycles. The van der Waals surface area contributed by atoms with E-state index in [1.165, 1.54) is 30.0 Å². The molecule has 0 amide bonds. The van der Waals surface area contributed by atoms with Crippen molar-refractivity contribution in [3.05, 3.63) is 69.9 Å². The van der Waals surface area contributed by atoms with Crippen molar-refractivity contribution in [2.24, 2.45) is 0 Å². The number of hydrogen-bond donors (Lipinski definition) is 0. The molecule has 0 spiro atoms. The average molecular weight is 398 g/mol. The van der Waals surface area contributed by atoms with Crippen molar-refractivity contribution in [1.29, 1.82) is 0 Å². The van der Waals surface area contributed by atoms with E-state index in [-0.39, 0.29) is 17.9 Å². The highest BCUT2D eigenvalue weighted by molar-refractivity contribution is 6.02. The quantitative estimate of drug-likeness (QED) is 0.422. The third kappa shape index (κ3) is 4.62. The van der Waals surface area contributed by atoms with E-state index in [1.807, 2.05) is 0 Å². The first kappa shape index (κ1) is 20.5. The number of nitrogens with zero attached hydrogens (tertiary/aromatic N) is 2. The molecule has 29 heavy (non-hydrogen) atoms. The number of ether oxygens (including phenoxy) is 2. The van der Waals surface area contributed by atoms with Gasteiger partial charge in [0.1, 0.15) is 18.2 Å². The standard InChI is InChI=1S/C22H23FN2O4/c1-3-4-7-12-25-21(26)18-9-6-5-8-17(18)20(24-25)22(27)29-14-15-13-16(23)10-11-19(15)28-2/h5-6,8-11,13H,3-4,7,12,14H2,1-2H3. The van der Waals surface area contributed by atoms with Crippen LogP contribution in [-0.4, -0.2) is 22.9 Å². The average Bonchev–Trinajstić information content (AvgIpc) is 2.74. The van der Waals surface area contributed by atoms with Crippen LogP contribution in [0.15, 0.2) is 47.3 Å². The third-order valence-corrected chi connectivity index (χ3v) is 4.64. The smallest absolute Gasteiger partial charge is 0.359 e. The molecule has 152 valence electrons. The van der Waals surface area contributed by atoms with Gasteiger partial charge in [0, 0.05) is 17.5 Å². The molecule has 2 aromatic carbocycles. The summed E-state index contributed by atoms with van der Waals surface area (Å²) in [5.74, 6) is -0.719. The van der Waals surface area contributed by atoms with Crippen molar-refractivity contribution in [1.82, 2.24) is 9.78 Å². The molecule has 0 atom stereocenters. The summed E-state index contributed by atoms with van der Waals surface area (Å²) < 4.78 is 25.4. The van der Waals surface area contributed by atoms with E-state index < -0.39 is 11.8 Å². The molecule has 0 saturated heterocycles. The molecule has 0 aliphatic rings. The Balaban J connectivity index is 1.91. The second kappa shape index (κ2) is 9.32. The zero-order chi connectivity index (χ0) is 20.8. The van der Waals surface area contributed by atoms with Crippen LogP contribution in [0.5, 0.6) is 5.75 Å². The van der Waals surface area contributed by atoms with Gasteiger partial charge < -0.3 is 9.47 Å². The summed E-state index contributed by atoms with van der Waals surface area (Å²) in [6.45, 7) is 2.32. The van der Waals surface area contributed by atoms with Gasteiger partial charge in [0.2, 0.25) is 0 Å². The number of benzene rings is 2. The van der Waals surface area contributed by atoms with Gasteiger partial charge in [-0.3, -0.25) is 4.79 Å². The minimum absolute atomic E-state index is 0.0621. The minimum Gasteiger partial charge on any atom is -0.496 e. The Bertz CT molecular complexity index is 1080. The van der Waals surface area contributed by atoms with E-state index in [0.717, 1.165) is 19.3 Å². The number of esters is 1. The van der Waals surface area contributed by atoms with Crippen LogP contribution >= 0.6 is 0 Å². The van der Waals surface area contributed by atoms with Gasteiger partial charge in [0.25, 0.3) is 5.56 Å². The van der Waals surface area contributed by atoms with Crippen molar-refractivity contribution in [2.75, 3.05) is 7.11 Å². The molecule has 0 unspecified atom stereocenters. The van der Waals surface area contributed by atoms with Gasteiger partial charge in [-0.15, -0.1) is 0 Å². The zero-order valence-corrected chi connectivity index (χ0v) is 16.5. The first-order valence-electron chi connectivity index (χ1n) is 9.54. The topological polar surface area (TPSA) is 70.4 Å². The molecular weight excluding hydrogens is 375 g/mol. The minimum atomic E-state index is -0.684. The molecule has 1 aromatic heterocycles. The van der Waals surface area contributed by atoms with E-state index in [4.69, 9.17) is 9.47 Å². The van der Waals surface area contributed by atoms with E-state index in [0.29, 0.717) is 28.6 Å². The van der Waals surface area contributed by atoms with Gasteiger partial charge in [-0.25, -0.2) is 13.9 Å². The molecule has 0 bridgehead atoms. The van der Waals surface area contributed by atoms with Gasteiger partial charge in [0.15, 0.2) is 5.69 Å². The van der Waals surface area contributed by atoms with Crippen LogP contribution in [0.25, 0.3) is 10.8 Å². The van der Waals surface area contributed by atoms with Crippen LogP contribution in [0.2, 0.25) is 0 Å². The predicted molar refractivity (Wildman–Crippen MR) is 108 cm³/mol. The Hall–Kier alpha value is -3.22. The molecule has 0 N–H and O–H groups in total. The summed E-state index contributed by atoms with van der Waals surface area (Å²) in [7, 11) is 1.46. The number of hydrogen-bond acceptors (Lipinski definition) is 5. The molecule has 7 heteroatoms. The molecule has 3 aromatic rings. The first-order chi connectivity index (χ1) is 14.0. The van der Waals surface area contributed by atoms with Crippen LogP contribution in [0.3, 0.4) is 0 Å². The molecule has 0 aliphatic carbocycles. The number of carbonyl (C=O) groups is 1. The van der Waals surface area contributed by atoms with Gasteiger partial charge in [0.05, 0.1) is 12.5 Å². The number of halogens is 1. The molecular formula is C22H23FN2O4. The first-order valence-corrected chi connectivity index (χ1v) is 9.54. The number of carbonyl (C=O) groups excluding carboxylic acids is 1. The van der Waals surface area contributed by atoms with E-state index in [2.05, 4.69) is 12.0 Å².